The number of hydrogen-bond donors (Lipinski definition) is 2. The number of aliphatic hydroxyl groups is 1. The fraction of sp³-hybridized carbons (Fsp3) is 0.889. The van der Waals surface area contributed by atoms with Crippen LogP contribution in [0.5, 0.6) is 0 Å². The average molecular weight is 205 g/mol. The van der Waals surface area contributed by atoms with E-state index in [1.165, 1.54) is 11.8 Å². The number of nitrogens with one attached hydrogen (secondary N) is 1. The fourth-order valence-corrected chi connectivity index (χ4v) is 1.59. The van der Waals surface area contributed by atoms with Crippen molar-refractivity contribution >= 4 is 17.7 Å². The molecule has 4 heteroatoms. The van der Waals surface area contributed by atoms with E-state index in [1.54, 1.807) is 0 Å². The zero-order valence-electron chi connectivity index (χ0n) is 8.38. The number of aliphatic hydroxyl groups excluding tert-OH is 1. The van der Waals surface area contributed by atoms with Crippen LogP contribution in [0.2, 0.25) is 0 Å². The highest BCUT2D eigenvalue weighted by Gasteiger charge is 2.05. The third-order valence-corrected chi connectivity index (χ3v) is 2.54. The number of hydrogen-bond acceptors (Lipinski definition) is 3. The molecule has 13 heavy (non-hydrogen) atoms. The molecule has 0 aromatic rings. The summed E-state index contributed by atoms with van der Waals surface area (Å²) in [5, 5.41) is 11.4. The van der Waals surface area contributed by atoms with Crippen molar-refractivity contribution in [3.63, 3.8) is 0 Å². The maximum Gasteiger partial charge on any atom is 0.230 e. The second-order valence-electron chi connectivity index (χ2n) is 3.03. The molecule has 0 saturated heterocycles. The fourth-order valence-electron chi connectivity index (χ4n) is 1.05. The van der Waals surface area contributed by atoms with Gasteiger partial charge in [0, 0.05) is 11.8 Å². The van der Waals surface area contributed by atoms with Crippen LogP contribution in [0.15, 0.2) is 0 Å². The van der Waals surface area contributed by atoms with Gasteiger partial charge in [-0.05, 0) is 13.3 Å². The molecular weight excluding hydrogens is 186 g/mol. The quantitative estimate of drug-likeness (QED) is 0.610. The van der Waals surface area contributed by atoms with E-state index in [0.29, 0.717) is 11.5 Å². The Labute approximate surface area is 84.3 Å². The topological polar surface area (TPSA) is 49.3 Å². The van der Waals surface area contributed by atoms with Crippen molar-refractivity contribution in [2.24, 2.45) is 0 Å². The smallest absolute Gasteiger partial charge is 0.230 e. The van der Waals surface area contributed by atoms with Crippen LogP contribution in [0.4, 0.5) is 0 Å². The average Bonchev–Trinajstić information content (AvgIpc) is 2.05. The molecule has 0 aliphatic heterocycles. The minimum absolute atomic E-state index is 0.0689. The molecule has 0 saturated carbocycles. The lowest BCUT2D eigenvalue weighted by Gasteiger charge is -2.11. The number of thioether (sulfide) groups is 1. The Hall–Kier alpha value is -0.220. The van der Waals surface area contributed by atoms with Gasteiger partial charge in [0.05, 0.1) is 12.4 Å². The molecule has 2 N–H and O–H groups in total. The second-order valence-corrected chi connectivity index (χ2v) is 4.14. The van der Waals surface area contributed by atoms with E-state index in [0.717, 1.165) is 12.8 Å². The van der Waals surface area contributed by atoms with E-state index in [4.69, 9.17) is 5.11 Å². The maximum absolute atomic E-state index is 11.2. The summed E-state index contributed by atoms with van der Waals surface area (Å²) in [5.74, 6) is 1.16. The van der Waals surface area contributed by atoms with Gasteiger partial charge >= 0.3 is 0 Å². The third kappa shape index (κ3) is 8.12. The molecule has 0 aromatic heterocycles. The van der Waals surface area contributed by atoms with Gasteiger partial charge in [-0.3, -0.25) is 4.79 Å². The first-order valence-electron chi connectivity index (χ1n) is 4.68. The first-order chi connectivity index (χ1) is 6.20. The molecule has 0 radical (unpaired) electrons. The molecule has 3 nitrogen and oxygen atoms in total. The largest absolute Gasteiger partial charge is 0.396 e. The van der Waals surface area contributed by atoms with Gasteiger partial charge in [-0.1, -0.05) is 13.3 Å². The van der Waals surface area contributed by atoms with Crippen molar-refractivity contribution < 1.29 is 9.90 Å². The molecule has 0 aliphatic rings. The number of carbonyl (C=O) groups is 1. The van der Waals surface area contributed by atoms with Gasteiger partial charge in [0.25, 0.3) is 0 Å². The van der Waals surface area contributed by atoms with Crippen molar-refractivity contribution in [3.8, 4) is 0 Å². The highest BCUT2D eigenvalue weighted by molar-refractivity contribution is 7.99. The SMILES string of the molecule is CCCC(C)NC(=O)CSCCO. The van der Waals surface area contributed by atoms with Gasteiger partial charge in [-0.25, -0.2) is 0 Å². The van der Waals surface area contributed by atoms with Gasteiger partial charge in [0.1, 0.15) is 0 Å². The number of rotatable bonds is 7. The molecule has 0 heterocycles. The lowest BCUT2D eigenvalue weighted by Crippen LogP contribution is -2.33. The van der Waals surface area contributed by atoms with Crippen molar-refractivity contribution in [1.29, 1.82) is 0 Å². The molecule has 0 rings (SSSR count). The zero-order valence-corrected chi connectivity index (χ0v) is 9.19. The first kappa shape index (κ1) is 12.8. The molecule has 1 atom stereocenters. The van der Waals surface area contributed by atoms with E-state index in [1.807, 2.05) is 6.92 Å². The van der Waals surface area contributed by atoms with Gasteiger partial charge < -0.3 is 10.4 Å². The molecule has 78 valence electrons. The van der Waals surface area contributed by atoms with E-state index >= 15 is 0 Å². The Morgan fingerprint density at radius 1 is 1.62 bits per heavy atom. The second kappa shape index (κ2) is 8.38. The molecule has 0 aromatic carbocycles. The summed E-state index contributed by atoms with van der Waals surface area (Å²) in [6.45, 7) is 4.25. The number of amides is 1. The van der Waals surface area contributed by atoms with Gasteiger partial charge in [-0.2, -0.15) is 0 Å². The third-order valence-electron chi connectivity index (χ3n) is 1.60. The summed E-state index contributed by atoms with van der Waals surface area (Å²) in [6, 6.07) is 0.271. The summed E-state index contributed by atoms with van der Waals surface area (Å²) in [4.78, 5) is 11.2. The highest BCUT2D eigenvalue weighted by Crippen LogP contribution is 1.99. The molecular formula is C9H19NO2S. The lowest BCUT2D eigenvalue weighted by molar-refractivity contribution is -0.119. The van der Waals surface area contributed by atoms with E-state index in [9.17, 15) is 4.79 Å². The van der Waals surface area contributed by atoms with Gasteiger partial charge in [0.15, 0.2) is 0 Å². The zero-order chi connectivity index (χ0) is 10.1. The molecule has 1 unspecified atom stereocenters. The Balaban J connectivity index is 3.38. The van der Waals surface area contributed by atoms with Crippen LogP contribution in [0.1, 0.15) is 26.7 Å². The van der Waals surface area contributed by atoms with Crippen molar-refractivity contribution in [2.75, 3.05) is 18.1 Å². The Morgan fingerprint density at radius 2 is 2.31 bits per heavy atom. The van der Waals surface area contributed by atoms with Crippen molar-refractivity contribution in [2.45, 2.75) is 32.7 Å². The first-order valence-corrected chi connectivity index (χ1v) is 5.84. The van der Waals surface area contributed by atoms with E-state index < -0.39 is 0 Å². The molecule has 0 spiro atoms. The van der Waals surface area contributed by atoms with E-state index in [-0.39, 0.29) is 18.6 Å². The number of carbonyl (C=O) groups excluding carboxylic acids is 1. The van der Waals surface area contributed by atoms with Crippen LogP contribution in [0.25, 0.3) is 0 Å². The van der Waals surface area contributed by atoms with Crippen LogP contribution >= 0.6 is 11.8 Å². The van der Waals surface area contributed by atoms with Crippen LogP contribution in [-0.4, -0.2) is 35.2 Å². The Kier molecular flexibility index (Phi) is 8.24. The molecule has 0 fully saturated rings. The van der Waals surface area contributed by atoms with Crippen LogP contribution < -0.4 is 5.32 Å². The monoisotopic (exact) mass is 205 g/mol. The van der Waals surface area contributed by atoms with Crippen LogP contribution in [-0.2, 0) is 4.79 Å². The van der Waals surface area contributed by atoms with Crippen molar-refractivity contribution in [3.05, 3.63) is 0 Å². The maximum atomic E-state index is 11.2. The summed E-state index contributed by atoms with van der Waals surface area (Å²) >= 11 is 1.46. The molecule has 1 amide bonds. The van der Waals surface area contributed by atoms with Gasteiger partial charge in [-0.15, -0.1) is 11.8 Å². The minimum atomic E-state index is 0.0689. The van der Waals surface area contributed by atoms with Gasteiger partial charge in [0.2, 0.25) is 5.91 Å². The van der Waals surface area contributed by atoms with Crippen molar-refractivity contribution in [1.82, 2.24) is 5.32 Å². The standard InChI is InChI=1S/C9H19NO2S/c1-3-4-8(2)10-9(12)7-13-6-5-11/h8,11H,3-7H2,1-2H3,(H,10,12). The normalized spacial score (nSPS) is 12.5. The molecule has 0 aliphatic carbocycles. The molecule has 0 bridgehead atoms. The van der Waals surface area contributed by atoms with E-state index in [2.05, 4.69) is 12.2 Å². The summed E-state index contributed by atoms with van der Waals surface area (Å²) in [5.41, 5.74) is 0. The van der Waals surface area contributed by atoms with Crippen LogP contribution in [0, 0.1) is 0 Å². The highest BCUT2D eigenvalue weighted by atomic mass is 32.2. The Bertz CT molecular complexity index is 142. The lowest BCUT2D eigenvalue weighted by atomic mass is 10.2. The summed E-state index contributed by atoms with van der Waals surface area (Å²) in [6.07, 6.45) is 2.11. The minimum Gasteiger partial charge on any atom is -0.396 e. The Morgan fingerprint density at radius 3 is 2.85 bits per heavy atom. The van der Waals surface area contributed by atoms with Crippen LogP contribution in [0.3, 0.4) is 0 Å². The predicted octanol–water partition coefficient (Wildman–Crippen LogP) is 1.02. The summed E-state index contributed by atoms with van der Waals surface area (Å²) in [7, 11) is 0. The predicted molar refractivity (Wildman–Crippen MR) is 56.9 cm³/mol. The summed E-state index contributed by atoms with van der Waals surface area (Å²) < 4.78 is 0.